The molecule has 9 heteroatoms. The van der Waals surface area contributed by atoms with Gasteiger partial charge >= 0.3 is 0 Å². The summed E-state index contributed by atoms with van der Waals surface area (Å²) in [6.45, 7) is 3.81. The third kappa shape index (κ3) is 5.67. The van der Waals surface area contributed by atoms with Crippen molar-refractivity contribution < 1.29 is 9.13 Å². The topological polar surface area (TPSA) is 96.0 Å². The van der Waals surface area contributed by atoms with Crippen molar-refractivity contribution in [2.24, 2.45) is 0 Å². The molecule has 0 saturated carbocycles. The number of benzene rings is 1. The number of nitrogen functional groups attached to an aromatic ring is 1. The molecule has 1 atom stereocenters. The highest BCUT2D eigenvalue weighted by Gasteiger charge is 2.22. The van der Waals surface area contributed by atoms with Crippen LogP contribution < -0.4 is 21.1 Å². The molecular formula is C22H26Cl2FN5O. The Labute approximate surface area is 191 Å². The number of halogens is 3. The minimum atomic E-state index is -0.615. The van der Waals surface area contributed by atoms with Crippen LogP contribution in [0.3, 0.4) is 0 Å². The molecule has 0 amide bonds. The standard InChI is InChI=1S/C22H26Cl2FN5O/c1-2-18(20-16(23)3-4-17(25)21(20)24)31-19-9-13(11-30-22(19)27)14(10-26)12-29-15-5-7-28-8-6-15/h3-4,9-12,15,18,26,28-29H,2,5-8H2,1H3,(H2,27,30)/b14-12+,26-10?. The summed E-state index contributed by atoms with van der Waals surface area (Å²) >= 11 is 12.4. The van der Waals surface area contributed by atoms with Crippen LogP contribution in [0.5, 0.6) is 5.75 Å². The summed E-state index contributed by atoms with van der Waals surface area (Å²) < 4.78 is 20.1. The van der Waals surface area contributed by atoms with Gasteiger partial charge in [-0.3, -0.25) is 0 Å². The van der Waals surface area contributed by atoms with Crippen molar-refractivity contribution in [2.75, 3.05) is 18.8 Å². The second kappa shape index (κ2) is 10.8. The Balaban J connectivity index is 1.86. The first-order valence-corrected chi connectivity index (χ1v) is 10.9. The Morgan fingerprint density at radius 1 is 1.42 bits per heavy atom. The number of nitrogens with one attached hydrogen (secondary N) is 3. The lowest BCUT2D eigenvalue weighted by atomic mass is 10.1. The second-order valence-electron chi connectivity index (χ2n) is 7.31. The number of anilines is 1. The van der Waals surface area contributed by atoms with Crippen LogP contribution in [-0.4, -0.2) is 30.3 Å². The molecule has 1 unspecified atom stereocenters. The zero-order valence-corrected chi connectivity index (χ0v) is 18.7. The number of aromatic nitrogens is 1. The van der Waals surface area contributed by atoms with Crippen LogP contribution in [0.25, 0.3) is 5.57 Å². The van der Waals surface area contributed by atoms with Crippen molar-refractivity contribution in [3.8, 4) is 5.75 Å². The number of nitrogens with zero attached hydrogens (tertiary/aromatic N) is 1. The average molecular weight is 466 g/mol. The summed E-state index contributed by atoms with van der Waals surface area (Å²) in [5.41, 5.74) is 7.72. The van der Waals surface area contributed by atoms with Crippen LogP contribution in [0.15, 0.2) is 30.6 Å². The molecule has 5 N–H and O–H groups in total. The van der Waals surface area contributed by atoms with Crippen molar-refractivity contribution >= 4 is 40.8 Å². The van der Waals surface area contributed by atoms with E-state index in [2.05, 4.69) is 15.6 Å². The van der Waals surface area contributed by atoms with Gasteiger partial charge in [0.1, 0.15) is 11.9 Å². The Morgan fingerprint density at radius 2 is 2.16 bits per heavy atom. The maximum atomic E-state index is 14.0. The molecule has 1 fully saturated rings. The van der Waals surface area contributed by atoms with E-state index in [-0.39, 0.29) is 10.8 Å². The fourth-order valence-corrected chi connectivity index (χ4v) is 4.06. The molecule has 2 heterocycles. The maximum absolute atomic E-state index is 14.0. The van der Waals surface area contributed by atoms with Crippen LogP contribution in [-0.2, 0) is 0 Å². The lowest BCUT2D eigenvalue weighted by molar-refractivity contribution is 0.201. The number of hydrogen-bond donors (Lipinski definition) is 4. The fourth-order valence-electron chi connectivity index (χ4n) is 3.45. The normalized spacial score (nSPS) is 16.1. The Hall–Kier alpha value is -2.35. The third-order valence-electron chi connectivity index (χ3n) is 5.23. The van der Waals surface area contributed by atoms with Crippen LogP contribution >= 0.6 is 23.2 Å². The molecule has 0 spiro atoms. The molecule has 166 valence electrons. The molecule has 3 rings (SSSR count). The van der Waals surface area contributed by atoms with Crippen molar-refractivity contribution in [1.82, 2.24) is 15.6 Å². The van der Waals surface area contributed by atoms with Crippen molar-refractivity contribution in [3.05, 3.63) is 57.6 Å². The second-order valence-corrected chi connectivity index (χ2v) is 8.10. The quantitative estimate of drug-likeness (QED) is 0.325. The maximum Gasteiger partial charge on any atom is 0.166 e. The molecule has 1 aromatic carbocycles. The van der Waals surface area contributed by atoms with Crippen LogP contribution in [0, 0.1) is 11.2 Å². The Morgan fingerprint density at radius 3 is 2.84 bits per heavy atom. The van der Waals surface area contributed by atoms with E-state index in [0.29, 0.717) is 39.9 Å². The smallest absolute Gasteiger partial charge is 0.166 e. The van der Waals surface area contributed by atoms with Crippen LogP contribution in [0.1, 0.15) is 43.4 Å². The van der Waals surface area contributed by atoms with Gasteiger partial charge in [-0.05, 0) is 50.6 Å². The van der Waals surface area contributed by atoms with E-state index in [1.54, 1.807) is 12.3 Å². The molecule has 0 radical (unpaired) electrons. The molecule has 6 nitrogen and oxygen atoms in total. The zero-order chi connectivity index (χ0) is 22.4. The van der Waals surface area contributed by atoms with Crippen LogP contribution in [0.4, 0.5) is 10.2 Å². The highest BCUT2D eigenvalue weighted by Crippen LogP contribution is 2.38. The molecule has 1 aliphatic heterocycles. The van der Waals surface area contributed by atoms with Gasteiger partial charge in [-0.1, -0.05) is 30.1 Å². The van der Waals surface area contributed by atoms with Gasteiger partial charge in [-0.2, -0.15) is 0 Å². The van der Waals surface area contributed by atoms with Crippen LogP contribution in [0.2, 0.25) is 10.0 Å². The molecule has 31 heavy (non-hydrogen) atoms. The van der Waals surface area contributed by atoms with Gasteiger partial charge in [-0.15, -0.1) is 0 Å². The summed E-state index contributed by atoms with van der Waals surface area (Å²) in [4.78, 5) is 4.22. The van der Waals surface area contributed by atoms with E-state index in [4.69, 9.17) is 39.1 Å². The van der Waals surface area contributed by atoms with Gasteiger partial charge < -0.3 is 26.5 Å². The lowest BCUT2D eigenvalue weighted by Gasteiger charge is -2.23. The number of nitrogens with two attached hydrogens (primary N) is 1. The summed E-state index contributed by atoms with van der Waals surface area (Å²) in [7, 11) is 0. The number of piperidine rings is 1. The number of rotatable bonds is 8. The van der Waals surface area contributed by atoms with Gasteiger partial charge in [0, 0.05) is 46.4 Å². The van der Waals surface area contributed by atoms with E-state index in [1.165, 1.54) is 18.3 Å². The highest BCUT2D eigenvalue weighted by molar-refractivity contribution is 6.36. The summed E-state index contributed by atoms with van der Waals surface area (Å²) in [5.74, 6) is -0.0715. The largest absolute Gasteiger partial charge is 0.482 e. The highest BCUT2D eigenvalue weighted by atomic mass is 35.5. The molecular weight excluding hydrogens is 440 g/mol. The third-order valence-corrected chi connectivity index (χ3v) is 5.94. The van der Waals surface area contributed by atoms with E-state index < -0.39 is 11.9 Å². The molecule has 1 aliphatic rings. The minimum Gasteiger partial charge on any atom is -0.482 e. The van der Waals surface area contributed by atoms with Gasteiger partial charge in [-0.25, -0.2) is 9.37 Å². The van der Waals surface area contributed by atoms with Crippen molar-refractivity contribution in [1.29, 1.82) is 5.41 Å². The zero-order valence-electron chi connectivity index (χ0n) is 17.2. The number of pyridine rings is 1. The lowest BCUT2D eigenvalue weighted by Crippen LogP contribution is -2.37. The van der Waals surface area contributed by atoms with Gasteiger partial charge in [0.2, 0.25) is 0 Å². The summed E-state index contributed by atoms with van der Waals surface area (Å²) in [6, 6.07) is 4.74. The molecule has 1 aromatic heterocycles. The molecule has 2 aromatic rings. The molecule has 0 aliphatic carbocycles. The Kier molecular flexibility index (Phi) is 8.12. The van der Waals surface area contributed by atoms with Gasteiger partial charge in [0.05, 0.1) is 5.02 Å². The van der Waals surface area contributed by atoms with E-state index in [1.807, 2.05) is 13.1 Å². The van der Waals surface area contributed by atoms with Crippen molar-refractivity contribution in [2.45, 2.75) is 38.3 Å². The number of allylic oxidation sites excluding steroid dienone is 1. The molecule has 1 saturated heterocycles. The first kappa shape index (κ1) is 23.3. The summed E-state index contributed by atoms with van der Waals surface area (Å²) in [5, 5.41) is 14.7. The fraction of sp³-hybridized carbons (Fsp3) is 0.364. The SMILES string of the molecule is CCC(Oc1cc(/C(C=N)=C/NC2CCNCC2)cnc1N)c1c(Cl)ccc(F)c1Cl. The van der Waals surface area contributed by atoms with Crippen molar-refractivity contribution in [3.63, 3.8) is 0 Å². The van der Waals surface area contributed by atoms with E-state index in [9.17, 15) is 4.39 Å². The summed E-state index contributed by atoms with van der Waals surface area (Å²) in [6.07, 6.45) is 6.56. The minimum absolute atomic E-state index is 0.0757. The van der Waals surface area contributed by atoms with E-state index >= 15 is 0 Å². The number of hydrogen-bond acceptors (Lipinski definition) is 6. The number of ether oxygens (including phenoxy) is 1. The Bertz CT molecular complexity index is 963. The monoisotopic (exact) mass is 465 g/mol. The predicted octanol–water partition coefficient (Wildman–Crippen LogP) is 4.97. The first-order valence-electron chi connectivity index (χ1n) is 10.2. The predicted molar refractivity (Wildman–Crippen MR) is 125 cm³/mol. The molecule has 0 bridgehead atoms. The van der Waals surface area contributed by atoms with Gasteiger partial charge in [0.25, 0.3) is 0 Å². The van der Waals surface area contributed by atoms with Gasteiger partial charge in [0.15, 0.2) is 11.6 Å². The first-order chi connectivity index (χ1) is 14.9. The van der Waals surface area contributed by atoms with E-state index in [0.717, 1.165) is 25.9 Å². The average Bonchev–Trinajstić information content (AvgIpc) is 2.78.